The van der Waals surface area contributed by atoms with Crippen LogP contribution in [0, 0.1) is 5.92 Å². The Kier molecular flexibility index (Phi) is 6.34. The molecule has 1 aromatic carbocycles. The first-order chi connectivity index (χ1) is 13.4. The first-order valence-electron chi connectivity index (χ1n) is 9.91. The minimum absolute atomic E-state index is 0.0830. The monoisotopic (exact) mass is 386 g/mol. The molecule has 7 nitrogen and oxygen atoms in total. The molecule has 0 spiro atoms. The van der Waals surface area contributed by atoms with Crippen molar-refractivity contribution in [3.8, 4) is 17.1 Å². The number of nitrogens with zero attached hydrogens (tertiary/aromatic N) is 3. The number of likely N-dealkylation sites (tertiary alicyclic amines) is 1. The van der Waals surface area contributed by atoms with Crippen LogP contribution in [0.5, 0.6) is 5.75 Å². The molecule has 3 rings (SSSR count). The molecule has 7 heteroatoms. The highest BCUT2D eigenvalue weighted by Gasteiger charge is 2.28. The van der Waals surface area contributed by atoms with Crippen LogP contribution in [0.1, 0.15) is 45.9 Å². The number of amides is 1. The number of ether oxygens (including phenoxy) is 1. The first kappa shape index (κ1) is 20.3. The maximum absolute atomic E-state index is 12.5. The number of aromatic nitrogens is 2. The van der Waals surface area contributed by atoms with Crippen molar-refractivity contribution in [2.75, 3.05) is 20.2 Å². The zero-order valence-electron chi connectivity index (χ0n) is 17.2. The third kappa shape index (κ3) is 5.10. The summed E-state index contributed by atoms with van der Waals surface area (Å²) < 4.78 is 10.6. The summed E-state index contributed by atoms with van der Waals surface area (Å²) >= 11 is 0. The fraction of sp³-hybridized carbons (Fsp3) is 0.571. The second-order valence-corrected chi connectivity index (χ2v) is 8.02. The highest BCUT2D eigenvalue weighted by atomic mass is 16.5. The van der Waals surface area contributed by atoms with Crippen molar-refractivity contribution < 1.29 is 14.1 Å². The third-order valence-corrected chi connectivity index (χ3v) is 5.48. The molecule has 0 bridgehead atoms. The number of rotatable bonds is 7. The zero-order chi connectivity index (χ0) is 20.1. The van der Waals surface area contributed by atoms with Gasteiger partial charge < -0.3 is 14.6 Å². The average Bonchev–Trinajstić information content (AvgIpc) is 3.16. The predicted octanol–water partition coefficient (Wildman–Crippen LogP) is 3.26. The molecule has 28 heavy (non-hydrogen) atoms. The quantitative estimate of drug-likeness (QED) is 0.787. The summed E-state index contributed by atoms with van der Waals surface area (Å²) in [7, 11) is 1.64. The molecule has 1 aliphatic rings. The van der Waals surface area contributed by atoms with E-state index in [1.54, 1.807) is 7.11 Å². The summed E-state index contributed by atoms with van der Waals surface area (Å²) in [4.78, 5) is 19.2. The number of nitrogens with one attached hydrogen (secondary N) is 1. The highest BCUT2D eigenvalue weighted by Crippen LogP contribution is 2.23. The Morgan fingerprint density at radius 2 is 1.96 bits per heavy atom. The van der Waals surface area contributed by atoms with Gasteiger partial charge in [0, 0.05) is 17.0 Å². The summed E-state index contributed by atoms with van der Waals surface area (Å²) in [5.41, 5.74) is 0.750. The van der Waals surface area contributed by atoms with E-state index in [2.05, 4.69) is 41.1 Å². The normalized spacial score (nSPS) is 16.1. The molecule has 1 amide bonds. The average molecular weight is 386 g/mol. The molecule has 0 aliphatic carbocycles. The fourth-order valence-electron chi connectivity index (χ4n) is 3.24. The van der Waals surface area contributed by atoms with Crippen molar-refractivity contribution in [3.05, 3.63) is 30.2 Å². The molecule has 0 radical (unpaired) electrons. The predicted molar refractivity (Wildman–Crippen MR) is 107 cm³/mol. The van der Waals surface area contributed by atoms with Crippen molar-refractivity contribution in [1.82, 2.24) is 20.4 Å². The van der Waals surface area contributed by atoms with Gasteiger partial charge in [-0.3, -0.25) is 9.69 Å². The Labute approximate surface area is 166 Å². The second-order valence-electron chi connectivity index (χ2n) is 8.02. The molecule has 2 heterocycles. The van der Waals surface area contributed by atoms with Crippen LogP contribution in [0.25, 0.3) is 11.4 Å². The number of piperidine rings is 1. The van der Waals surface area contributed by atoms with E-state index >= 15 is 0 Å². The number of carbonyl (C=O) groups excluding carboxylic acids is 1. The summed E-state index contributed by atoms with van der Waals surface area (Å²) in [5, 5.41) is 7.25. The second kappa shape index (κ2) is 8.73. The van der Waals surface area contributed by atoms with Gasteiger partial charge in [-0.1, -0.05) is 12.1 Å². The van der Waals surface area contributed by atoms with E-state index in [0.717, 1.165) is 43.7 Å². The van der Waals surface area contributed by atoms with Gasteiger partial charge in [-0.05, 0) is 70.5 Å². The highest BCUT2D eigenvalue weighted by molar-refractivity contribution is 5.79. The van der Waals surface area contributed by atoms with Gasteiger partial charge in [-0.25, -0.2) is 0 Å². The minimum Gasteiger partial charge on any atom is -0.497 e. The van der Waals surface area contributed by atoms with Crippen molar-refractivity contribution in [2.45, 2.75) is 52.1 Å². The Bertz CT molecular complexity index is 777. The van der Waals surface area contributed by atoms with E-state index in [-0.39, 0.29) is 17.4 Å². The molecule has 1 fully saturated rings. The van der Waals surface area contributed by atoms with E-state index in [0.29, 0.717) is 18.3 Å². The van der Waals surface area contributed by atoms with Gasteiger partial charge in [0.15, 0.2) is 0 Å². The minimum atomic E-state index is -0.143. The van der Waals surface area contributed by atoms with Crippen molar-refractivity contribution in [3.63, 3.8) is 0 Å². The lowest BCUT2D eigenvalue weighted by molar-refractivity contribution is -0.128. The number of benzene rings is 1. The summed E-state index contributed by atoms with van der Waals surface area (Å²) in [6, 6.07) is 7.58. The summed E-state index contributed by atoms with van der Waals surface area (Å²) in [6.07, 6.45) is 2.63. The van der Waals surface area contributed by atoms with Gasteiger partial charge in [0.2, 0.25) is 17.6 Å². The molecule has 152 valence electrons. The van der Waals surface area contributed by atoms with Gasteiger partial charge >= 0.3 is 0 Å². The van der Waals surface area contributed by atoms with Crippen LogP contribution >= 0.6 is 0 Å². The molecular weight excluding hydrogens is 356 g/mol. The lowest BCUT2D eigenvalue weighted by atomic mass is 9.93. The van der Waals surface area contributed by atoms with Crippen LogP contribution in [-0.2, 0) is 11.3 Å². The number of carbonyl (C=O) groups is 1. The Morgan fingerprint density at radius 1 is 1.29 bits per heavy atom. The first-order valence-corrected chi connectivity index (χ1v) is 9.91. The lowest BCUT2D eigenvalue weighted by Crippen LogP contribution is -2.48. The van der Waals surface area contributed by atoms with E-state index in [1.807, 2.05) is 24.3 Å². The Balaban J connectivity index is 1.51. The van der Waals surface area contributed by atoms with E-state index < -0.39 is 0 Å². The van der Waals surface area contributed by atoms with Crippen LogP contribution in [0.2, 0.25) is 0 Å². The number of hydrogen-bond donors (Lipinski definition) is 1. The third-order valence-electron chi connectivity index (χ3n) is 5.48. The molecule has 0 saturated carbocycles. The standard InChI is InChI=1S/C21H30N4O3/c1-5-21(2,3)23-20(26)16-10-12-25(13-11-16)14-18-22-19(24-28-18)15-6-8-17(27-4)9-7-15/h6-9,16H,5,10-14H2,1-4H3,(H,23,26). The largest absolute Gasteiger partial charge is 0.497 e. The molecule has 1 N–H and O–H groups in total. The molecular formula is C21H30N4O3. The van der Waals surface area contributed by atoms with E-state index in [4.69, 9.17) is 9.26 Å². The lowest BCUT2D eigenvalue weighted by Gasteiger charge is -2.33. The summed E-state index contributed by atoms with van der Waals surface area (Å²) in [6.45, 7) is 8.53. The summed E-state index contributed by atoms with van der Waals surface area (Å²) in [5.74, 6) is 2.22. The topological polar surface area (TPSA) is 80.5 Å². The van der Waals surface area contributed by atoms with Gasteiger partial charge in [0.1, 0.15) is 5.75 Å². The smallest absolute Gasteiger partial charge is 0.241 e. The van der Waals surface area contributed by atoms with E-state index in [9.17, 15) is 4.79 Å². The van der Waals surface area contributed by atoms with Crippen LogP contribution in [0.3, 0.4) is 0 Å². The van der Waals surface area contributed by atoms with Crippen molar-refractivity contribution in [1.29, 1.82) is 0 Å². The number of hydrogen-bond acceptors (Lipinski definition) is 6. The van der Waals surface area contributed by atoms with Crippen LogP contribution in [0.4, 0.5) is 0 Å². The fourth-order valence-corrected chi connectivity index (χ4v) is 3.24. The van der Waals surface area contributed by atoms with Gasteiger partial charge in [-0.15, -0.1) is 0 Å². The molecule has 0 atom stereocenters. The maximum atomic E-state index is 12.5. The molecule has 1 saturated heterocycles. The Hall–Kier alpha value is -2.41. The SMILES string of the molecule is CCC(C)(C)NC(=O)C1CCN(Cc2nc(-c3ccc(OC)cc3)no2)CC1. The molecule has 0 unspecified atom stereocenters. The number of methoxy groups -OCH3 is 1. The van der Waals surface area contributed by atoms with Gasteiger partial charge in [0.05, 0.1) is 13.7 Å². The Morgan fingerprint density at radius 3 is 2.57 bits per heavy atom. The zero-order valence-corrected chi connectivity index (χ0v) is 17.2. The van der Waals surface area contributed by atoms with Crippen LogP contribution in [0.15, 0.2) is 28.8 Å². The van der Waals surface area contributed by atoms with Crippen LogP contribution in [-0.4, -0.2) is 46.7 Å². The molecule has 1 aromatic heterocycles. The van der Waals surface area contributed by atoms with Gasteiger partial charge in [-0.2, -0.15) is 4.98 Å². The van der Waals surface area contributed by atoms with Crippen molar-refractivity contribution in [2.24, 2.45) is 5.92 Å². The van der Waals surface area contributed by atoms with Crippen LogP contribution < -0.4 is 10.1 Å². The van der Waals surface area contributed by atoms with Crippen molar-refractivity contribution >= 4 is 5.91 Å². The maximum Gasteiger partial charge on any atom is 0.241 e. The van der Waals surface area contributed by atoms with Gasteiger partial charge in [0.25, 0.3) is 0 Å². The molecule has 2 aromatic rings. The molecule has 1 aliphatic heterocycles. The van der Waals surface area contributed by atoms with E-state index in [1.165, 1.54) is 0 Å².